The van der Waals surface area contributed by atoms with Crippen LogP contribution in [-0.2, 0) is 4.79 Å². The Morgan fingerprint density at radius 3 is 1.65 bits per heavy atom. The zero-order valence-electron chi connectivity index (χ0n) is 16.2. The zero-order valence-corrected chi connectivity index (χ0v) is 16.2. The van der Waals surface area contributed by atoms with Crippen molar-refractivity contribution >= 4 is 6.29 Å². The molecule has 0 aromatic heterocycles. The molecule has 4 nitrogen and oxygen atoms in total. The predicted octanol–water partition coefficient (Wildman–Crippen LogP) is 6.37. The summed E-state index contributed by atoms with van der Waals surface area (Å²) in [7, 11) is 0. The Morgan fingerprint density at radius 1 is 0.769 bits per heavy atom. The van der Waals surface area contributed by atoms with Crippen LogP contribution in [0.5, 0.6) is 0 Å². The largest absolute Gasteiger partial charge is 0.296 e. The van der Waals surface area contributed by atoms with Crippen LogP contribution in [0.25, 0.3) is 0 Å². The van der Waals surface area contributed by atoms with Crippen molar-refractivity contribution in [3.05, 3.63) is 58.7 Å². The van der Waals surface area contributed by atoms with Crippen LogP contribution in [0, 0.1) is 10.1 Å². The molecule has 0 saturated heterocycles. The SMILES string of the molecule is CCCCC/C=C/C/C=C/C/C=C/C/C=C/CCCCC(C=O)[N+](=O)[O-]. The van der Waals surface area contributed by atoms with Gasteiger partial charge < -0.3 is 0 Å². The van der Waals surface area contributed by atoms with Gasteiger partial charge in [-0.25, -0.2) is 0 Å². The standard InChI is InChI=1S/C22H35NO3/c1-2-3-4-5-6-7-8-9-10-11-12-13-14-15-16-17-18-19-20-22(21-24)23(25)26/h6-7,9-10,12-13,15-16,21-22H,2-5,8,11,14,17-20H2,1H3/b7-6+,10-9+,13-12+,16-15+. The van der Waals surface area contributed by atoms with Gasteiger partial charge in [0.15, 0.2) is 6.29 Å². The molecule has 0 radical (unpaired) electrons. The fraction of sp³-hybridized carbons (Fsp3) is 0.591. The molecule has 1 atom stereocenters. The highest BCUT2D eigenvalue weighted by atomic mass is 16.6. The van der Waals surface area contributed by atoms with Crippen molar-refractivity contribution in [2.24, 2.45) is 0 Å². The lowest BCUT2D eigenvalue weighted by atomic mass is 10.1. The van der Waals surface area contributed by atoms with E-state index in [1.165, 1.54) is 25.7 Å². The summed E-state index contributed by atoms with van der Waals surface area (Å²) in [6.45, 7) is 2.23. The van der Waals surface area contributed by atoms with Crippen molar-refractivity contribution in [2.75, 3.05) is 0 Å². The number of hydrogen-bond donors (Lipinski definition) is 0. The predicted molar refractivity (Wildman–Crippen MR) is 110 cm³/mol. The van der Waals surface area contributed by atoms with Gasteiger partial charge >= 0.3 is 0 Å². The van der Waals surface area contributed by atoms with E-state index in [-0.39, 0.29) is 0 Å². The normalized spacial score (nSPS) is 13.4. The van der Waals surface area contributed by atoms with Gasteiger partial charge in [-0.1, -0.05) is 68.4 Å². The highest BCUT2D eigenvalue weighted by Crippen LogP contribution is 2.06. The molecule has 146 valence electrons. The van der Waals surface area contributed by atoms with Crippen LogP contribution >= 0.6 is 0 Å². The average Bonchev–Trinajstić information content (AvgIpc) is 2.63. The number of nitro groups is 1. The summed E-state index contributed by atoms with van der Waals surface area (Å²) in [5.74, 6) is 0. The van der Waals surface area contributed by atoms with Gasteiger partial charge in [0.25, 0.3) is 6.04 Å². The summed E-state index contributed by atoms with van der Waals surface area (Å²) < 4.78 is 0. The summed E-state index contributed by atoms with van der Waals surface area (Å²) in [6, 6.07) is -1.04. The van der Waals surface area contributed by atoms with Crippen LogP contribution in [0.4, 0.5) is 0 Å². The molecule has 1 unspecified atom stereocenters. The minimum atomic E-state index is -1.04. The topological polar surface area (TPSA) is 60.2 Å². The Balaban J connectivity index is 3.51. The summed E-state index contributed by atoms with van der Waals surface area (Å²) in [6.07, 6.45) is 28.7. The van der Waals surface area contributed by atoms with E-state index in [2.05, 4.69) is 55.5 Å². The fourth-order valence-corrected chi connectivity index (χ4v) is 2.40. The van der Waals surface area contributed by atoms with Gasteiger partial charge in [-0.3, -0.25) is 14.9 Å². The van der Waals surface area contributed by atoms with E-state index >= 15 is 0 Å². The van der Waals surface area contributed by atoms with E-state index in [1.54, 1.807) is 0 Å². The van der Waals surface area contributed by atoms with Crippen molar-refractivity contribution in [3.63, 3.8) is 0 Å². The lowest BCUT2D eigenvalue weighted by molar-refractivity contribution is -0.506. The number of aldehydes is 1. The quantitative estimate of drug-likeness (QED) is 0.0994. The monoisotopic (exact) mass is 361 g/mol. The number of carbonyl (C=O) groups excluding carboxylic acids is 1. The number of unbranched alkanes of at least 4 members (excludes halogenated alkanes) is 5. The first-order valence-electron chi connectivity index (χ1n) is 9.91. The Labute approximate surface area is 158 Å². The van der Waals surface area contributed by atoms with E-state index in [0.29, 0.717) is 19.1 Å². The molecule has 0 bridgehead atoms. The number of carbonyl (C=O) groups is 1. The Kier molecular flexibility index (Phi) is 17.9. The van der Waals surface area contributed by atoms with E-state index < -0.39 is 11.0 Å². The van der Waals surface area contributed by atoms with E-state index in [9.17, 15) is 14.9 Å². The molecule has 0 aromatic carbocycles. The molecule has 0 aromatic rings. The van der Waals surface area contributed by atoms with Crippen LogP contribution in [0.3, 0.4) is 0 Å². The lowest BCUT2D eigenvalue weighted by Crippen LogP contribution is -2.20. The first-order chi connectivity index (χ1) is 12.7. The molecule has 0 aliphatic heterocycles. The first kappa shape index (κ1) is 24.0. The number of allylic oxidation sites excluding steroid dienone is 8. The number of nitrogens with zero attached hydrogens (tertiary/aromatic N) is 1. The summed E-state index contributed by atoms with van der Waals surface area (Å²) >= 11 is 0. The molecular formula is C22H35NO3. The third kappa shape index (κ3) is 16.9. The van der Waals surface area contributed by atoms with Crippen molar-refractivity contribution in [3.8, 4) is 0 Å². The van der Waals surface area contributed by atoms with Crippen LogP contribution in [0.1, 0.15) is 77.6 Å². The molecule has 0 rings (SSSR count). The molecule has 0 spiro atoms. The second-order valence-corrected chi connectivity index (χ2v) is 6.36. The summed E-state index contributed by atoms with van der Waals surface area (Å²) in [5.41, 5.74) is 0. The van der Waals surface area contributed by atoms with Crippen LogP contribution < -0.4 is 0 Å². The molecule has 0 fully saturated rings. The highest BCUT2D eigenvalue weighted by molar-refractivity contribution is 5.55. The minimum Gasteiger partial charge on any atom is -0.296 e. The zero-order chi connectivity index (χ0) is 19.3. The van der Waals surface area contributed by atoms with Gasteiger partial charge in [0.2, 0.25) is 0 Å². The van der Waals surface area contributed by atoms with Crippen LogP contribution in [-0.4, -0.2) is 17.3 Å². The minimum absolute atomic E-state index is 0.338. The third-order valence-corrected chi connectivity index (χ3v) is 4.01. The highest BCUT2D eigenvalue weighted by Gasteiger charge is 2.16. The second-order valence-electron chi connectivity index (χ2n) is 6.36. The van der Waals surface area contributed by atoms with Crippen molar-refractivity contribution in [1.82, 2.24) is 0 Å². The Hall–Kier alpha value is -1.97. The molecule has 0 N–H and O–H groups in total. The molecule has 0 heterocycles. The smallest absolute Gasteiger partial charge is 0.267 e. The van der Waals surface area contributed by atoms with Gasteiger partial charge in [0.05, 0.1) is 0 Å². The van der Waals surface area contributed by atoms with Gasteiger partial charge in [0.1, 0.15) is 0 Å². The third-order valence-electron chi connectivity index (χ3n) is 4.01. The molecule has 0 aliphatic rings. The molecule has 4 heteroatoms. The van der Waals surface area contributed by atoms with Gasteiger partial charge in [-0.15, -0.1) is 0 Å². The maximum atomic E-state index is 10.5. The second kappa shape index (κ2) is 19.4. The molecule has 0 amide bonds. The molecular weight excluding hydrogens is 326 g/mol. The number of rotatable bonds is 17. The van der Waals surface area contributed by atoms with Crippen LogP contribution in [0.15, 0.2) is 48.6 Å². The molecule has 0 saturated carbocycles. The number of hydrogen-bond acceptors (Lipinski definition) is 3. The summed E-state index contributed by atoms with van der Waals surface area (Å²) in [4.78, 5) is 20.5. The van der Waals surface area contributed by atoms with E-state index in [1.807, 2.05) is 0 Å². The van der Waals surface area contributed by atoms with Crippen LogP contribution in [0.2, 0.25) is 0 Å². The molecule has 26 heavy (non-hydrogen) atoms. The summed E-state index contributed by atoms with van der Waals surface area (Å²) in [5, 5.41) is 10.5. The maximum Gasteiger partial charge on any atom is 0.267 e. The van der Waals surface area contributed by atoms with Gasteiger partial charge in [-0.2, -0.15) is 0 Å². The van der Waals surface area contributed by atoms with E-state index in [0.717, 1.165) is 32.1 Å². The van der Waals surface area contributed by atoms with Crippen molar-refractivity contribution in [1.29, 1.82) is 0 Å². The maximum absolute atomic E-state index is 10.5. The fourth-order valence-electron chi connectivity index (χ4n) is 2.40. The van der Waals surface area contributed by atoms with Gasteiger partial charge in [-0.05, 0) is 51.4 Å². The lowest BCUT2D eigenvalue weighted by Gasteiger charge is -2.00. The average molecular weight is 362 g/mol. The van der Waals surface area contributed by atoms with Crippen molar-refractivity contribution < 1.29 is 9.72 Å². The van der Waals surface area contributed by atoms with Gasteiger partial charge in [0, 0.05) is 11.3 Å². The Bertz CT molecular complexity index is 464. The van der Waals surface area contributed by atoms with Crippen molar-refractivity contribution in [2.45, 2.75) is 83.6 Å². The molecule has 0 aliphatic carbocycles. The first-order valence-corrected chi connectivity index (χ1v) is 9.91. The Morgan fingerprint density at radius 2 is 1.23 bits per heavy atom. The van der Waals surface area contributed by atoms with E-state index in [4.69, 9.17) is 0 Å².